The first-order valence-electron chi connectivity index (χ1n) is 9.86. The van der Waals surface area contributed by atoms with Crippen LogP contribution in [0.15, 0.2) is 30.5 Å². The third-order valence-electron chi connectivity index (χ3n) is 5.15. The molecule has 0 aliphatic carbocycles. The summed E-state index contributed by atoms with van der Waals surface area (Å²) in [6, 6.07) is 5.85. The molecule has 9 nitrogen and oxygen atoms in total. The Morgan fingerprint density at radius 2 is 2.00 bits per heavy atom. The number of carbonyl (C=O) groups is 1. The van der Waals surface area contributed by atoms with Crippen LogP contribution < -0.4 is 0 Å². The zero-order valence-electron chi connectivity index (χ0n) is 16.9. The van der Waals surface area contributed by atoms with Crippen molar-refractivity contribution >= 4 is 23.6 Å². The summed E-state index contributed by atoms with van der Waals surface area (Å²) < 4.78 is 1.91. The number of aromatic nitrogens is 7. The van der Waals surface area contributed by atoms with E-state index in [1.54, 1.807) is 19.1 Å². The molecule has 3 aromatic rings. The molecule has 30 heavy (non-hydrogen) atoms. The van der Waals surface area contributed by atoms with Crippen molar-refractivity contribution in [2.45, 2.75) is 39.3 Å². The molecule has 0 bridgehead atoms. The first-order chi connectivity index (χ1) is 14.5. The van der Waals surface area contributed by atoms with E-state index < -0.39 is 0 Å². The van der Waals surface area contributed by atoms with Gasteiger partial charge in [-0.15, -0.1) is 15.3 Å². The monoisotopic (exact) mass is 426 g/mol. The smallest absolute Gasteiger partial charge is 0.246 e. The normalized spacial score (nSPS) is 15.2. The number of piperidine rings is 1. The van der Waals surface area contributed by atoms with Crippen molar-refractivity contribution in [1.82, 2.24) is 40.1 Å². The molecule has 0 atom stereocenters. The number of hydrogen-bond donors (Lipinski definition) is 0. The lowest BCUT2D eigenvalue weighted by Crippen LogP contribution is -2.38. The lowest BCUT2D eigenvalue weighted by molar-refractivity contribution is -0.127. The lowest BCUT2D eigenvalue weighted by Gasteiger charge is -2.31. The summed E-state index contributed by atoms with van der Waals surface area (Å²) >= 11 is 6.16. The van der Waals surface area contributed by atoms with Gasteiger partial charge in [0.25, 0.3) is 0 Å². The molecule has 2 aromatic heterocycles. The Morgan fingerprint density at radius 1 is 1.20 bits per heavy atom. The lowest BCUT2D eigenvalue weighted by atomic mass is 10.0. The van der Waals surface area contributed by atoms with Gasteiger partial charge in [0.1, 0.15) is 0 Å². The Bertz CT molecular complexity index is 1060. The first-order valence-corrected chi connectivity index (χ1v) is 10.2. The molecule has 1 aliphatic rings. The molecule has 156 valence electrons. The van der Waals surface area contributed by atoms with Gasteiger partial charge in [0, 0.05) is 30.4 Å². The number of likely N-dealkylation sites (tertiary alicyclic amines) is 1. The van der Waals surface area contributed by atoms with Gasteiger partial charge in [-0.2, -0.15) is 4.80 Å². The van der Waals surface area contributed by atoms with Crippen LogP contribution in [-0.4, -0.2) is 59.1 Å². The molecule has 1 fully saturated rings. The molecule has 10 heteroatoms. The maximum atomic E-state index is 12.7. The molecular weight excluding hydrogens is 404 g/mol. The van der Waals surface area contributed by atoms with Crippen molar-refractivity contribution in [3.63, 3.8) is 0 Å². The van der Waals surface area contributed by atoms with E-state index in [0.717, 1.165) is 29.7 Å². The average molecular weight is 427 g/mol. The van der Waals surface area contributed by atoms with Crippen LogP contribution in [0.5, 0.6) is 0 Å². The molecule has 1 saturated heterocycles. The topological polar surface area (TPSA) is 94.6 Å². The van der Waals surface area contributed by atoms with Gasteiger partial charge in [0.2, 0.25) is 5.91 Å². The number of nitrogens with zero attached hydrogens (tertiary/aromatic N) is 8. The fourth-order valence-electron chi connectivity index (χ4n) is 3.58. The maximum Gasteiger partial charge on any atom is 0.246 e. The van der Waals surface area contributed by atoms with Crippen LogP contribution in [0.25, 0.3) is 6.08 Å². The minimum Gasteiger partial charge on any atom is -0.339 e. The molecular formula is C20H23ClN8O. The van der Waals surface area contributed by atoms with E-state index in [1.165, 1.54) is 4.80 Å². The van der Waals surface area contributed by atoms with E-state index in [-0.39, 0.29) is 5.91 Å². The number of tetrazole rings is 1. The van der Waals surface area contributed by atoms with E-state index in [0.29, 0.717) is 36.5 Å². The second kappa shape index (κ2) is 8.74. The Morgan fingerprint density at radius 3 is 2.67 bits per heavy atom. The number of aryl methyl sites for hydroxylation is 2. The van der Waals surface area contributed by atoms with E-state index in [1.807, 2.05) is 40.9 Å². The predicted molar refractivity (Wildman–Crippen MR) is 112 cm³/mol. The molecule has 4 rings (SSSR count). The Balaban J connectivity index is 1.40. The van der Waals surface area contributed by atoms with Crippen LogP contribution in [-0.2, 0) is 11.3 Å². The number of amides is 1. The van der Waals surface area contributed by atoms with Crippen LogP contribution in [0.2, 0.25) is 5.02 Å². The summed E-state index contributed by atoms with van der Waals surface area (Å²) in [5.41, 5.74) is 2.73. The standard InChI is InChI=1S/C20H23ClN8O/c1-14-12-28(25-22-14)19-7-9-27(10-8-19)20(30)6-4-16-3-5-18(21)11-17(16)13-29-24-15(2)23-26-29/h3-6,11-12,19H,7-10,13H2,1-2H3. The summed E-state index contributed by atoms with van der Waals surface area (Å²) in [4.78, 5) is 16.1. The molecule has 1 amide bonds. The van der Waals surface area contributed by atoms with Crippen LogP contribution >= 0.6 is 11.6 Å². The first kappa shape index (κ1) is 20.2. The maximum absolute atomic E-state index is 12.7. The number of halogens is 1. The Labute approximate surface area is 179 Å². The largest absolute Gasteiger partial charge is 0.339 e. The highest BCUT2D eigenvalue weighted by atomic mass is 35.5. The Hall–Kier alpha value is -3.07. The van der Waals surface area contributed by atoms with Crippen molar-refractivity contribution in [3.8, 4) is 0 Å². The van der Waals surface area contributed by atoms with Crippen molar-refractivity contribution in [3.05, 3.63) is 58.1 Å². The van der Waals surface area contributed by atoms with Crippen LogP contribution in [0.3, 0.4) is 0 Å². The molecule has 3 heterocycles. The number of benzene rings is 1. The SMILES string of the molecule is Cc1cn(C2CCN(C(=O)C=Cc3ccc(Cl)cc3Cn3nnc(C)n3)CC2)nn1. The van der Waals surface area contributed by atoms with Gasteiger partial charge >= 0.3 is 0 Å². The zero-order valence-corrected chi connectivity index (χ0v) is 17.7. The van der Waals surface area contributed by atoms with Crippen molar-refractivity contribution in [2.24, 2.45) is 0 Å². The van der Waals surface area contributed by atoms with Crippen molar-refractivity contribution in [2.75, 3.05) is 13.1 Å². The fourth-order valence-corrected chi connectivity index (χ4v) is 3.77. The number of rotatable bonds is 5. The van der Waals surface area contributed by atoms with Gasteiger partial charge in [-0.3, -0.25) is 4.79 Å². The summed E-state index contributed by atoms with van der Waals surface area (Å²) in [6.07, 6.45) is 7.13. The van der Waals surface area contributed by atoms with Gasteiger partial charge < -0.3 is 4.90 Å². The average Bonchev–Trinajstić information content (AvgIpc) is 3.35. The molecule has 0 unspecified atom stereocenters. The second-order valence-electron chi connectivity index (χ2n) is 7.44. The molecule has 0 N–H and O–H groups in total. The minimum atomic E-state index is -0.00107. The summed E-state index contributed by atoms with van der Waals surface area (Å²) in [6.45, 7) is 5.54. The quantitative estimate of drug-likeness (QED) is 0.581. The molecule has 1 aliphatic heterocycles. The number of hydrogen-bond acceptors (Lipinski definition) is 6. The van der Waals surface area contributed by atoms with Crippen molar-refractivity contribution in [1.29, 1.82) is 0 Å². The summed E-state index contributed by atoms with van der Waals surface area (Å²) in [5.74, 6) is 0.604. The van der Waals surface area contributed by atoms with Crippen molar-refractivity contribution < 1.29 is 4.79 Å². The molecule has 0 spiro atoms. The minimum absolute atomic E-state index is 0.00107. The zero-order chi connectivity index (χ0) is 21.1. The van der Waals surface area contributed by atoms with Crippen LogP contribution in [0.4, 0.5) is 0 Å². The van der Waals surface area contributed by atoms with Gasteiger partial charge in [-0.05, 0) is 61.2 Å². The van der Waals surface area contributed by atoms with E-state index >= 15 is 0 Å². The van der Waals surface area contributed by atoms with Gasteiger partial charge in [0.15, 0.2) is 5.82 Å². The summed E-state index contributed by atoms with van der Waals surface area (Å²) in [5, 5.41) is 20.9. The van der Waals surface area contributed by atoms with Crippen LogP contribution in [0.1, 0.15) is 41.5 Å². The summed E-state index contributed by atoms with van der Waals surface area (Å²) in [7, 11) is 0. The van der Waals surface area contributed by atoms with Gasteiger partial charge in [-0.25, -0.2) is 4.68 Å². The Kier molecular flexibility index (Phi) is 5.89. The second-order valence-corrected chi connectivity index (χ2v) is 7.88. The van der Waals surface area contributed by atoms with E-state index in [9.17, 15) is 4.79 Å². The highest BCUT2D eigenvalue weighted by molar-refractivity contribution is 6.30. The van der Waals surface area contributed by atoms with E-state index in [4.69, 9.17) is 11.6 Å². The van der Waals surface area contributed by atoms with Gasteiger partial charge in [-0.1, -0.05) is 22.9 Å². The highest BCUT2D eigenvalue weighted by Crippen LogP contribution is 2.22. The van der Waals surface area contributed by atoms with E-state index in [2.05, 4.69) is 25.7 Å². The molecule has 0 radical (unpaired) electrons. The third kappa shape index (κ3) is 4.73. The fraction of sp³-hybridized carbons (Fsp3) is 0.400. The molecule has 0 saturated carbocycles. The predicted octanol–water partition coefficient (Wildman–Crippen LogP) is 2.46. The molecule has 1 aromatic carbocycles. The van der Waals surface area contributed by atoms with Crippen LogP contribution in [0, 0.1) is 13.8 Å². The number of carbonyl (C=O) groups excluding carboxylic acids is 1. The third-order valence-corrected chi connectivity index (χ3v) is 5.39. The van der Waals surface area contributed by atoms with Gasteiger partial charge in [0.05, 0.1) is 18.3 Å². The highest BCUT2D eigenvalue weighted by Gasteiger charge is 2.23.